The third-order valence-electron chi connectivity index (χ3n) is 2.24. The summed E-state index contributed by atoms with van der Waals surface area (Å²) in [5, 5.41) is 1.00. The van der Waals surface area contributed by atoms with Gasteiger partial charge in [0.1, 0.15) is 0 Å². The van der Waals surface area contributed by atoms with Crippen LogP contribution in [0.4, 0.5) is 13.2 Å². The molecule has 0 heterocycles. The van der Waals surface area contributed by atoms with Crippen LogP contribution < -0.4 is 0 Å². The van der Waals surface area contributed by atoms with E-state index in [1.54, 1.807) is 0 Å². The van der Waals surface area contributed by atoms with Crippen molar-refractivity contribution in [3.8, 4) is 0 Å². The summed E-state index contributed by atoms with van der Waals surface area (Å²) < 4.78 is 36.9. The van der Waals surface area contributed by atoms with Crippen molar-refractivity contribution >= 4 is 12.0 Å². The summed E-state index contributed by atoms with van der Waals surface area (Å²) >= 11 is 0. The molecule has 18 heavy (non-hydrogen) atoms. The van der Waals surface area contributed by atoms with E-state index in [1.807, 2.05) is 0 Å². The van der Waals surface area contributed by atoms with E-state index in [4.69, 9.17) is 0 Å². The van der Waals surface area contributed by atoms with Crippen molar-refractivity contribution in [2.45, 2.75) is 6.18 Å². The molecule has 0 aliphatic carbocycles. The number of likely N-dealkylation sites (N-methyl/N-ethyl adjacent to an activating group) is 1. The third-order valence-corrected chi connectivity index (χ3v) is 2.24. The Morgan fingerprint density at radius 3 is 2.28 bits per heavy atom. The number of nitrogens with zero attached hydrogens (tertiary/aromatic N) is 1. The maximum atomic E-state index is 12.3. The molecule has 1 amide bonds. The van der Waals surface area contributed by atoms with Crippen molar-refractivity contribution in [2.24, 2.45) is 0 Å². The average Bonchev–Trinajstić information content (AvgIpc) is 2.34. The van der Waals surface area contributed by atoms with Crippen molar-refractivity contribution in [2.75, 3.05) is 14.2 Å². The highest BCUT2D eigenvalue weighted by molar-refractivity contribution is 5.90. The number of alkyl halides is 3. The summed E-state index contributed by atoms with van der Waals surface area (Å²) in [6.45, 7) is 0. The molecule has 0 saturated carbocycles. The maximum Gasteiger partial charge on any atom is 0.416 e. The molecule has 6 heteroatoms. The van der Waals surface area contributed by atoms with Crippen LogP contribution in [-0.4, -0.2) is 25.1 Å². The van der Waals surface area contributed by atoms with E-state index < -0.39 is 17.6 Å². The van der Waals surface area contributed by atoms with Gasteiger partial charge in [0.25, 0.3) is 5.91 Å². The second-order valence-corrected chi connectivity index (χ2v) is 3.47. The minimum atomic E-state index is -4.35. The van der Waals surface area contributed by atoms with Gasteiger partial charge in [-0.15, -0.1) is 0 Å². The number of rotatable bonds is 3. The van der Waals surface area contributed by atoms with Crippen LogP contribution >= 0.6 is 0 Å². The molecule has 0 aliphatic heterocycles. The lowest BCUT2D eigenvalue weighted by molar-refractivity contribution is -0.162. The first-order valence-corrected chi connectivity index (χ1v) is 5.01. The largest absolute Gasteiger partial charge is 0.416 e. The molecule has 0 N–H and O–H groups in total. The normalized spacial score (nSPS) is 11.8. The van der Waals surface area contributed by atoms with E-state index in [0.717, 1.165) is 17.2 Å². The number of hydrogen-bond acceptors (Lipinski definition) is 2. The monoisotopic (exact) mass is 259 g/mol. The molecular formula is C12H12F3NO2. The van der Waals surface area contributed by atoms with E-state index in [9.17, 15) is 18.0 Å². The zero-order valence-corrected chi connectivity index (χ0v) is 9.86. The molecule has 0 aliphatic rings. The Morgan fingerprint density at radius 2 is 1.83 bits per heavy atom. The Kier molecular flexibility index (Phi) is 4.49. The predicted molar refractivity (Wildman–Crippen MR) is 60.3 cm³/mol. The lowest BCUT2D eigenvalue weighted by atomic mass is 10.1. The van der Waals surface area contributed by atoms with Crippen LogP contribution in [0.15, 0.2) is 30.3 Å². The molecule has 0 aromatic heterocycles. The Hall–Kier alpha value is -1.82. The van der Waals surface area contributed by atoms with Crippen molar-refractivity contribution < 1.29 is 22.8 Å². The van der Waals surface area contributed by atoms with Crippen LogP contribution in [0, 0.1) is 0 Å². The van der Waals surface area contributed by atoms with Crippen molar-refractivity contribution in [1.82, 2.24) is 5.06 Å². The molecule has 98 valence electrons. The number of benzene rings is 1. The number of halogens is 3. The molecule has 1 aromatic carbocycles. The quantitative estimate of drug-likeness (QED) is 0.617. The van der Waals surface area contributed by atoms with Crippen LogP contribution in [0.1, 0.15) is 11.1 Å². The minimum Gasteiger partial charge on any atom is -0.274 e. The van der Waals surface area contributed by atoms with E-state index >= 15 is 0 Å². The Morgan fingerprint density at radius 1 is 1.28 bits per heavy atom. The van der Waals surface area contributed by atoms with Gasteiger partial charge in [0, 0.05) is 13.1 Å². The number of hydroxylamine groups is 2. The molecule has 1 rings (SSSR count). The molecule has 0 spiro atoms. The Bertz CT molecular complexity index is 438. The van der Waals surface area contributed by atoms with Crippen LogP contribution in [0.2, 0.25) is 0 Å². The van der Waals surface area contributed by atoms with Gasteiger partial charge in [-0.25, -0.2) is 5.06 Å². The highest BCUT2D eigenvalue weighted by atomic mass is 19.4. The first kappa shape index (κ1) is 14.2. The standard InChI is InChI=1S/C12H12F3NO2/c1-16(18-2)11(17)8-5-9-3-6-10(7-4-9)12(13,14)15/h3-8H,1-2H3. The summed E-state index contributed by atoms with van der Waals surface area (Å²) in [6, 6.07) is 4.51. The van der Waals surface area contributed by atoms with E-state index in [-0.39, 0.29) is 0 Å². The van der Waals surface area contributed by atoms with Crippen LogP contribution in [0.5, 0.6) is 0 Å². The number of hydrogen-bond donors (Lipinski definition) is 0. The number of carbonyl (C=O) groups excluding carboxylic acids is 1. The van der Waals surface area contributed by atoms with Crippen LogP contribution in [0.3, 0.4) is 0 Å². The van der Waals surface area contributed by atoms with E-state index in [2.05, 4.69) is 4.84 Å². The molecule has 0 fully saturated rings. The van der Waals surface area contributed by atoms with Gasteiger partial charge < -0.3 is 0 Å². The molecule has 0 unspecified atom stereocenters. The molecule has 0 saturated heterocycles. The van der Waals surface area contributed by atoms with Crippen LogP contribution in [-0.2, 0) is 15.8 Å². The van der Waals surface area contributed by atoms with Crippen LogP contribution in [0.25, 0.3) is 6.08 Å². The van der Waals surface area contributed by atoms with Gasteiger partial charge in [0.05, 0.1) is 12.7 Å². The average molecular weight is 259 g/mol. The Labute approximate surface area is 102 Å². The zero-order valence-electron chi connectivity index (χ0n) is 9.86. The minimum absolute atomic E-state index is 0.405. The summed E-state index contributed by atoms with van der Waals surface area (Å²) in [5.41, 5.74) is -0.221. The first-order chi connectivity index (χ1) is 8.34. The maximum absolute atomic E-state index is 12.3. The highest BCUT2D eigenvalue weighted by Crippen LogP contribution is 2.29. The van der Waals surface area contributed by atoms with Crippen molar-refractivity contribution in [1.29, 1.82) is 0 Å². The molecule has 0 atom stereocenters. The van der Waals surface area contributed by atoms with Gasteiger partial charge in [-0.3, -0.25) is 9.63 Å². The van der Waals surface area contributed by atoms with Gasteiger partial charge in [-0.2, -0.15) is 13.2 Å². The Balaban J connectivity index is 2.76. The molecule has 3 nitrogen and oxygen atoms in total. The third kappa shape index (κ3) is 3.89. The van der Waals surface area contributed by atoms with Gasteiger partial charge in [-0.05, 0) is 23.8 Å². The molecular weight excluding hydrogens is 247 g/mol. The smallest absolute Gasteiger partial charge is 0.274 e. The topological polar surface area (TPSA) is 29.5 Å². The summed E-state index contributed by atoms with van der Waals surface area (Å²) in [4.78, 5) is 16.0. The molecule has 0 radical (unpaired) electrons. The number of amides is 1. The predicted octanol–water partition coefficient (Wildman–Crippen LogP) is 2.74. The summed E-state index contributed by atoms with van der Waals surface area (Å²) in [6.07, 6.45) is -1.72. The van der Waals surface area contributed by atoms with Gasteiger partial charge in [0.2, 0.25) is 0 Å². The SMILES string of the molecule is CON(C)C(=O)C=Cc1ccc(C(F)(F)F)cc1. The van der Waals surface area contributed by atoms with Crippen molar-refractivity contribution in [3.05, 3.63) is 41.5 Å². The van der Waals surface area contributed by atoms with E-state index in [1.165, 1.54) is 38.4 Å². The lowest BCUT2D eigenvalue weighted by Gasteiger charge is -2.10. The summed E-state index contributed by atoms with van der Waals surface area (Å²) in [7, 11) is 2.77. The fourth-order valence-corrected chi connectivity index (χ4v) is 1.15. The lowest BCUT2D eigenvalue weighted by Crippen LogP contribution is -2.22. The number of carbonyl (C=O) groups is 1. The second kappa shape index (κ2) is 5.68. The zero-order chi connectivity index (χ0) is 13.8. The molecule has 1 aromatic rings. The fourth-order valence-electron chi connectivity index (χ4n) is 1.15. The summed E-state index contributed by atoms with van der Waals surface area (Å²) in [5.74, 6) is -0.405. The molecule has 0 bridgehead atoms. The fraction of sp³-hybridized carbons (Fsp3) is 0.250. The van der Waals surface area contributed by atoms with Gasteiger partial charge in [-0.1, -0.05) is 12.1 Å². The van der Waals surface area contributed by atoms with Crippen molar-refractivity contribution in [3.63, 3.8) is 0 Å². The highest BCUT2D eigenvalue weighted by Gasteiger charge is 2.29. The second-order valence-electron chi connectivity index (χ2n) is 3.47. The van der Waals surface area contributed by atoms with Gasteiger partial charge in [0.15, 0.2) is 0 Å². The van der Waals surface area contributed by atoms with E-state index in [0.29, 0.717) is 5.56 Å². The van der Waals surface area contributed by atoms with Gasteiger partial charge >= 0.3 is 6.18 Å². The first-order valence-electron chi connectivity index (χ1n) is 5.01.